The lowest BCUT2D eigenvalue weighted by molar-refractivity contribution is -0.140. The number of carbonyl (C=O) groups excluding carboxylic acids is 2. The van der Waals surface area contributed by atoms with Crippen LogP contribution in [0.2, 0.25) is 10.0 Å². The summed E-state index contributed by atoms with van der Waals surface area (Å²) in [6.07, 6.45) is 1.04. The van der Waals surface area contributed by atoms with Gasteiger partial charge < -0.3 is 10.2 Å². The average molecular weight is 633 g/mol. The molecule has 3 aromatic rings. The van der Waals surface area contributed by atoms with Gasteiger partial charge in [-0.15, -0.1) is 0 Å². The van der Waals surface area contributed by atoms with Crippen molar-refractivity contribution in [1.82, 2.24) is 10.2 Å². The summed E-state index contributed by atoms with van der Waals surface area (Å²) in [5.41, 5.74) is 3.63. The third-order valence-electron chi connectivity index (χ3n) is 7.23. The SMILES string of the molecule is CC[C@H](C)NC(=O)[C@H](CC)N(Cc1ccc(Cl)c(Cl)c1)C(=O)CN(c1ccc(C)cc1C)S(=O)(=O)c1ccc(C)cc1. The zero-order chi connectivity index (χ0) is 31.2. The van der Waals surface area contributed by atoms with E-state index in [2.05, 4.69) is 5.32 Å². The predicted octanol–water partition coefficient (Wildman–Crippen LogP) is 6.84. The van der Waals surface area contributed by atoms with Crippen LogP contribution in [0.3, 0.4) is 0 Å². The van der Waals surface area contributed by atoms with Crippen molar-refractivity contribution < 1.29 is 18.0 Å². The first kappa shape index (κ1) is 33.4. The van der Waals surface area contributed by atoms with E-state index in [0.29, 0.717) is 33.3 Å². The van der Waals surface area contributed by atoms with Crippen LogP contribution < -0.4 is 9.62 Å². The Morgan fingerprint density at radius 2 is 1.50 bits per heavy atom. The molecule has 0 saturated heterocycles. The van der Waals surface area contributed by atoms with Crippen LogP contribution in [-0.2, 0) is 26.2 Å². The molecule has 0 spiro atoms. The standard InChI is InChI=1S/C32H39Cl2N3O4S/c1-7-24(6)35-32(39)29(8-2)36(19-25-12-15-27(33)28(34)18-25)31(38)20-37(30-16-11-22(4)17-23(30)5)42(40,41)26-13-9-21(3)10-14-26/h9-18,24,29H,7-8,19-20H2,1-6H3,(H,35,39)/t24-,29-/m0/s1. The van der Waals surface area contributed by atoms with Crippen LogP contribution in [0.1, 0.15) is 55.9 Å². The highest BCUT2D eigenvalue weighted by Gasteiger charge is 2.34. The van der Waals surface area contributed by atoms with Crippen molar-refractivity contribution in [2.24, 2.45) is 0 Å². The lowest BCUT2D eigenvalue weighted by atomic mass is 10.1. The molecule has 226 valence electrons. The third kappa shape index (κ3) is 8.06. The smallest absolute Gasteiger partial charge is 0.264 e. The summed E-state index contributed by atoms with van der Waals surface area (Å²) in [6.45, 7) is 10.8. The fraction of sp³-hybridized carbons (Fsp3) is 0.375. The minimum absolute atomic E-state index is 0.0352. The maximum absolute atomic E-state index is 14.2. The van der Waals surface area contributed by atoms with Crippen molar-refractivity contribution >= 4 is 50.7 Å². The lowest BCUT2D eigenvalue weighted by Crippen LogP contribution is -2.53. The Hall–Kier alpha value is -3.07. The Labute approximate surface area is 259 Å². The van der Waals surface area contributed by atoms with Gasteiger partial charge in [0.2, 0.25) is 11.8 Å². The van der Waals surface area contributed by atoms with Gasteiger partial charge in [0.25, 0.3) is 10.0 Å². The van der Waals surface area contributed by atoms with E-state index >= 15 is 0 Å². The number of anilines is 1. The van der Waals surface area contributed by atoms with E-state index in [1.165, 1.54) is 17.0 Å². The predicted molar refractivity (Wildman–Crippen MR) is 171 cm³/mol. The van der Waals surface area contributed by atoms with Gasteiger partial charge in [0.05, 0.1) is 20.6 Å². The first-order chi connectivity index (χ1) is 19.8. The summed E-state index contributed by atoms with van der Waals surface area (Å²) in [7, 11) is -4.15. The molecule has 42 heavy (non-hydrogen) atoms. The van der Waals surface area contributed by atoms with E-state index < -0.39 is 28.5 Å². The molecule has 0 heterocycles. The quantitative estimate of drug-likeness (QED) is 0.237. The van der Waals surface area contributed by atoms with E-state index in [1.807, 2.05) is 53.7 Å². The van der Waals surface area contributed by atoms with Crippen LogP contribution in [0.25, 0.3) is 0 Å². The highest BCUT2D eigenvalue weighted by Crippen LogP contribution is 2.29. The van der Waals surface area contributed by atoms with Crippen LogP contribution in [0.5, 0.6) is 0 Å². The Bertz CT molecular complexity index is 1530. The molecule has 1 N–H and O–H groups in total. The fourth-order valence-corrected chi connectivity index (χ4v) is 6.43. The highest BCUT2D eigenvalue weighted by molar-refractivity contribution is 7.92. The van der Waals surface area contributed by atoms with Crippen molar-refractivity contribution in [1.29, 1.82) is 0 Å². The second-order valence-electron chi connectivity index (χ2n) is 10.6. The van der Waals surface area contributed by atoms with Crippen LogP contribution in [0.4, 0.5) is 5.69 Å². The zero-order valence-corrected chi connectivity index (χ0v) is 27.3. The number of halogens is 2. The molecule has 0 saturated carbocycles. The van der Waals surface area contributed by atoms with Crippen LogP contribution >= 0.6 is 23.2 Å². The molecule has 2 atom stereocenters. The van der Waals surface area contributed by atoms with Crippen molar-refractivity contribution in [3.05, 3.63) is 93.0 Å². The van der Waals surface area contributed by atoms with E-state index in [0.717, 1.165) is 21.9 Å². The first-order valence-corrected chi connectivity index (χ1v) is 16.2. The zero-order valence-electron chi connectivity index (χ0n) is 24.9. The number of aryl methyl sites for hydroxylation is 3. The molecule has 0 bridgehead atoms. The van der Waals surface area contributed by atoms with Crippen LogP contribution in [-0.4, -0.2) is 43.8 Å². The normalized spacial score (nSPS) is 12.9. The molecule has 0 aliphatic carbocycles. The Kier molecular flexibility index (Phi) is 11.5. The molecule has 0 aliphatic rings. The molecule has 3 aromatic carbocycles. The summed E-state index contributed by atoms with van der Waals surface area (Å²) in [6, 6.07) is 16.0. The van der Waals surface area contributed by atoms with Gasteiger partial charge in [-0.25, -0.2) is 8.42 Å². The van der Waals surface area contributed by atoms with Gasteiger partial charge in [0.1, 0.15) is 12.6 Å². The number of benzene rings is 3. The van der Waals surface area contributed by atoms with Gasteiger partial charge in [-0.2, -0.15) is 0 Å². The molecule has 0 unspecified atom stereocenters. The van der Waals surface area contributed by atoms with Gasteiger partial charge in [-0.1, -0.05) is 78.5 Å². The van der Waals surface area contributed by atoms with Crippen LogP contribution in [0, 0.1) is 20.8 Å². The Morgan fingerprint density at radius 3 is 2.07 bits per heavy atom. The largest absolute Gasteiger partial charge is 0.352 e. The highest BCUT2D eigenvalue weighted by atomic mass is 35.5. The summed E-state index contributed by atoms with van der Waals surface area (Å²) in [4.78, 5) is 29.1. The number of hydrogen-bond donors (Lipinski definition) is 1. The molecular weight excluding hydrogens is 593 g/mol. The topological polar surface area (TPSA) is 86.8 Å². The van der Waals surface area contributed by atoms with Crippen molar-refractivity contribution in [2.75, 3.05) is 10.8 Å². The summed E-state index contributed by atoms with van der Waals surface area (Å²) in [5.74, 6) is -0.831. The van der Waals surface area contributed by atoms with Crippen molar-refractivity contribution in [3.63, 3.8) is 0 Å². The Morgan fingerprint density at radius 1 is 0.857 bits per heavy atom. The van der Waals surface area contributed by atoms with Gasteiger partial charge >= 0.3 is 0 Å². The second-order valence-corrected chi connectivity index (χ2v) is 13.3. The lowest BCUT2D eigenvalue weighted by Gasteiger charge is -2.34. The van der Waals surface area contributed by atoms with E-state index in [-0.39, 0.29) is 23.4 Å². The molecule has 0 aromatic heterocycles. The summed E-state index contributed by atoms with van der Waals surface area (Å²) in [5, 5.41) is 3.66. The van der Waals surface area contributed by atoms with Crippen molar-refractivity contribution in [3.8, 4) is 0 Å². The van der Waals surface area contributed by atoms with Gasteiger partial charge in [0, 0.05) is 12.6 Å². The van der Waals surface area contributed by atoms with Crippen LogP contribution in [0.15, 0.2) is 65.6 Å². The molecule has 0 fully saturated rings. The minimum atomic E-state index is -4.15. The number of amides is 2. The number of nitrogens with one attached hydrogen (secondary N) is 1. The fourth-order valence-electron chi connectivity index (χ4n) is 4.63. The molecule has 3 rings (SSSR count). The van der Waals surface area contributed by atoms with E-state index in [9.17, 15) is 18.0 Å². The summed E-state index contributed by atoms with van der Waals surface area (Å²) >= 11 is 12.4. The number of sulfonamides is 1. The first-order valence-electron chi connectivity index (χ1n) is 14.0. The van der Waals surface area contributed by atoms with Gasteiger partial charge in [0.15, 0.2) is 0 Å². The maximum Gasteiger partial charge on any atom is 0.264 e. The van der Waals surface area contributed by atoms with Gasteiger partial charge in [-0.05, 0) is 82.0 Å². The Balaban J connectivity index is 2.11. The number of nitrogens with zero attached hydrogens (tertiary/aromatic N) is 2. The molecule has 0 radical (unpaired) electrons. The second kappa shape index (κ2) is 14.4. The molecular formula is C32H39Cl2N3O4S. The monoisotopic (exact) mass is 631 g/mol. The number of carbonyl (C=O) groups is 2. The molecule has 0 aliphatic heterocycles. The molecule has 7 nitrogen and oxygen atoms in total. The minimum Gasteiger partial charge on any atom is -0.352 e. The van der Waals surface area contributed by atoms with E-state index in [4.69, 9.17) is 23.2 Å². The number of rotatable bonds is 12. The molecule has 2 amide bonds. The summed E-state index contributed by atoms with van der Waals surface area (Å²) < 4.78 is 29.3. The average Bonchev–Trinajstić information content (AvgIpc) is 2.93. The molecule has 10 heteroatoms. The van der Waals surface area contributed by atoms with Gasteiger partial charge in [-0.3, -0.25) is 13.9 Å². The third-order valence-corrected chi connectivity index (χ3v) is 9.75. The van der Waals surface area contributed by atoms with Crippen molar-refractivity contribution in [2.45, 2.75) is 77.9 Å². The van der Waals surface area contributed by atoms with E-state index in [1.54, 1.807) is 36.4 Å². The maximum atomic E-state index is 14.2. The number of hydrogen-bond acceptors (Lipinski definition) is 4.